The zero-order chi connectivity index (χ0) is 31.5. The number of hydrogen-bond acceptors (Lipinski definition) is 4. The maximum atomic E-state index is 12.2. The third kappa shape index (κ3) is 7.86. The average Bonchev–Trinajstić information content (AvgIpc) is 3.27. The van der Waals surface area contributed by atoms with Crippen LogP contribution in [0.5, 0.6) is 0 Å². The summed E-state index contributed by atoms with van der Waals surface area (Å²) in [6.45, 7) is 22.9. The van der Waals surface area contributed by atoms with Crippen LogP contribution in [0.15, 0.2) is 58.7 Å². The van der Waals surface area contributed by atoms with Gasteiger partial charge in [-0.25, -0.2) is 0 Å². The summed E-state index contributed by atoms with van der Waals surface area (Å²) >= 11 is 0. The second-order valence-corrected chi connectivity index (χ2v) is 13.1. The van der Waals surface area contributed by atoms with Crippen molar-refractivity contribution in [2.45, 2.75) is 107 Å². The van der Waals surface area contributed by atoms with Gasteiger partial charge in [0.25, 0.3) is 0 Å². The SMILES string of the molecule is CCC(C)(CC)C(=O)/C=C(\O)C(C)(CC)CC.Cc1oc2ccc(-c3[c-]c4ccccc4c(C(C)(C)C)c3)nc2c1C.[Ir]. The Balaban J connectivity index is 0.000000318. The van der Waals surface area contributed by atoms with Gasteiger partial charge >= 0.3 is 0 Å². The molecule has 43 heavy (non-hydrogen) atoms. The third-order valence-electron chi connectivity index (χ3n) is 9.47. The second-order valence-electron chi connectivity index (χ2n) is 13.1. The van der Waals surface area contributed by atoms with Gasteiger partial charge in [-0.3, -0.25) is 9.78 Å². The van der Waals surface area contributed by atoms with Crippen LogP contribution in [0.4, 0.5) is 0 Å². The number of aryl methyl sites for hydroxylation is 2. The summed E-state index contributed by atoms with van der Waals surface area (Å²) in [7, 11) is 0. The number of rotatable bonds is 8. The summed E-state index contributed by atoms with van der Waals surface area (Å²) in [4.78, 5) is 17.1. The third-order valence-corrected chi connectivity index (χ3v) is 9.47. The molecule has 0 unspecified atom stereocenters. The predicted octanol–water partition coefficient (Wildman–Crippen LogP) is 11.0. The summed E-state index contributed by atoms with van der Waals surface area (Å²) in [6.07, 6.45) is 4.75. The summed E-state index contributed by atoms with van der Waals surface area (Å²) in [5, 5.41) is 12.5. The van der Waals surface area contributed by atoms with E-state index in [-0.39, 0.29) is 47.9 Å². The summed E-state index contributed by atoms with van der Waals surface area (Å²) in [5.41, 5.74) is 5.62. The fourth-order valence-corrected chi connectivity index (χ4v) is 5.03. The van der Waals surface area contributed by atoms with Crippen molar-refractivity contribution in [3.05, 3.63) is 77.3 Å². The van der Waals surface area contributed by atoms with Crippen LogP contribution >= 0.6 is 0 Å². The zero-order valence-electron chi connectivity index (χ0n) is 28.0. The molecule has 0 aliphatic heterocycles. The van der Waals surface area contributed by atoms with Crippen LogP contribution in [-0.2, 0) is 30.3 Å². The van der Waals surface area contributed by atoms with E-state index in [9.17, 15) is 9.90 Å². The van der Waals surface area contributed by atoms with E-state index in [1.807, 2.05) is 60.6 Å². The first kappa shape index (κ1) is 36.4. The number of hydrogen-bond donors (Lipinski definition) is 1. The van der Waals surface area contributed by atoms with E-state index in [1.54, 1.807) is 0 Å². The summed E-state index contributed by atoms with van der Waals surface area (Å²) in [6, 6.07) is 18.3. The molecule has 2 aromatic heterocycles. The quantitative estimate of drug-likeness (QED) is 0.110. The van der Waals surface area contributed by atoms with Crippen molar-refractivity contribution in [2.24, 2.45) is 10.8 Å². The monoisotopic (exact) mass is 761 g/mol. The molecule has 0 saturated carbocycles. The minimum absolute atomic E-state index is 0. The standard InChI is InChI=1S/C23H22NO.C15H28O2.Ir/c1-14-15(2)25-21-11-10-20(24-22(14)21)17-12-16-8-6-7-9-18(16)19(13-17)23(3,4)5;1-7-14(5,8-2)12(16)11-13(17)15(6,9-3)10-4;/h6-11,13H,1-5H3;11,16H,7-10H2,1-6H3;/q-1;;/b;12-11-;. The van der Waals surface area contributed by atoms with Crippen LogP contribution in [0, 0.1) is 30.7 Å². The van der Waals surface area contributed by atoms with Crippen LogP contribution in [0.3, 0.4) is 0 Å². The molecule has 235 valence electrons. The van der Waals surface area contributed by atoms with Crippen LogP contribution in [0.25, 0.3) is 33.1 Å². The Kier molecular flexibility index (Phi) is 12.2. The fraction of sp³-hybridized carbons (Fsp3) is 0.474. The molecular weight excluding hydrogens is 711 g/mol. The van der Waals surface area contributed by atoms with Crippen molar-refractivity contribution in [1.29, 1.82) is 0 Å². The van der Waals surface area contributed by atoms with E-state index in [4.69, 9.17) is 9.40 Å². The van der Waals surface area contributed by atoms with Gasteiger partial charge in [0.2, 0.25) is 0 Å². The first-order valence-corrected chi connectivity index (χ1v) is 15.4. The first-order valence-electron chi connectivity index (χ1n) is 15.4. The fourth-order valence-electron chi connectivity index (χ4n) is 5.03. The van der Waals surface area contributed by atoms with Crippen LogP contribution < -0.4 is 0 Å². The number of fused-ring (bicyclic) bond motifs is 2. The molecule has 4 rings (SSSR count). The van der Waals surface area contributed by atoms with Crippen molar-refractivity contribution in [3.8, 4) is 11.3 Å². The number of carbonyl (C=O) groups is 1. The van der Waals surface area contributed by atoms with Crippen molar-refractivity contribution in [3.63, 3.8) is 0 Å². The number of aliphatic hydroxyl groups excluding tert-OH is 1. The van der Waals surface area contributed by atoms with Crippen molar-refractivity contribution < 1.29 is 34.4 Å². The van der Waals surface area contributed by atoms with E-state index < -0.39 is 0 Å². The number of benzene rings is 2. The Bertz CT molecular complexity index is 1580. The largest absolute Gasteiger partial charge is 0.512 e. The van der Waals surface area contributed by atoms with Gasteiger partial charge in [-0.2, -0.15) is 0 Å². The Morgan fingerprint density at radius 1 is 0.907 bits per heavy atom. The molecule has 0 aliphatic carbocycles. The normalized spacial score (nSPS) is 12.6. The van der Waals surface area contributed by atoms with E-state index >= 15 is 0 Å². The van der Waals surface area contributed by atoms with Gasteiger partial charge in [-0.1, -0.05) is 97.5 Å². The van der Waals surface area contributed by atoms with Gasteiger partial charge in [0.05, 0.1) is 0 Å². The maximum Gasteiger partial charge on any atom is 0.164 e. The van der Waals surface area contributed by atoms with Gasteiger partial charge in [-0.05, 0) is 51.0 Å². The summed E-state index contributed by atoms with van der Waals surface area (Å²) in [5.74, 6) is 1.21. The van der Waals surface area contributed by atoms with Gasteiger partial charge in [0, 0.05) is 48.3 Å². The number of nitrogens with zero attached hydrogens (tertiary/aromatic N) is 1. The Morgan fingerprint density at radius 2 is 1.49 bits per heavy atom. The smallest absolute Gasteiger partial charge is 0.164 e. The van der Waals surface area contributed by atoms with Crippen molar-refractivity contribution >= 4 is 27.7 Å². The molecule has 4 aromatic rings. The van der Waals surface area contributed by atoms with Crippen LogP contribution in [0.2, 0.25) is 0 Å². The number of aliphatic hydroxyl groups is 1. The molecule has 2 heterocycles. The van der Waals surface area contributed by atoms with Crippen molar-refractivity contribution in [1.82, 2.24) is 4.98 Å². The molecule has 0 saturated heterocycles. The number of ketones is 1. The zero-order valence-corrected chi connectivity index (χ0v) is 30.4. The number of allylic oxidation sites excluding steroid dienone is 2. The van der Waals surface area contributed by atoms with Crippen molar-refractivity contribution in [2.75, 3.05) is 0 Å². The average molecular weight is 761 g/mol. The molecule has 1 radical (unpaired) electrons. The molecule has 0 fully saturated rings. The number of furan rings is 1. The van der Waals surface area contributed by atoms with E-state index in [0.717, 1.165) is 64.8 Å². The minimum Gasteiger partial charge on any atom is -0.512 e. The van der Waals surface area contributed by atoms with E-state index in [1.165, 1.54) is 17.0 Å². The summed E-state index contributed by atoms with van der Waals surface area (Å²) < 4.78 is 5.77. The van der Waals surface area contributed by atoms with E-state index in [2.05, 4.69) is 64.1 Å². The minimum atomic E-state index is -0.337. The Hall–Kier alpha value is -2.75. The predicted molar refractivity (Wildman–Crippen MR) is 177 cm³/mol. The second kappa shape index (κ2) is 14.4. The molecule has 0 amide bonds. The van der Waals surface area contributed by atoms with Crippen LogP contribution in [0.1, 0.15) is 105 Å². The molecule has 0 spiro atoms. The number of aromatic nitrogens is 1. The molecule has 1 N–H and O–H groups in total. The molecule has 2 aromatic carbocycles. The molecular formula is C38H50IrNO3-. The molecule has 0 atom stereocenters. The topological polar surface area (TPSA) is 63.3 Å². The number of carbonyl (C=O) groups excluding carboxylic acids is 1. The first-order chi connectivity index (χ1) is 19.6. The molecule has 4 nitrogen and oxygen atoms in total. The maximum absolute atomic E-state index is 12.2. The molecule has 0 bridgehead atoms. The van der Waals surface area contributed by atoms with Gasteiger partial charge in [0.1, 0.15) is 17.0 Å². The number of pyridine rings is 1. The Morgan fingerprint density at radius 3 is 2.05 bits per heavy atom. The van der Waals surface area contributed by atoms with Gasteiger partial charge in [-0.15, -0.1) is 29.1 Å². The van der Waals surface area contributed by atoms with Crippen LogP contribution in [-0.4, -0.2) is 15.9 Å². The van der Waals surface area contributed by atoms with Gasteiger partial charge < -0.3 is 9.52 Å². The Labute approximate surface area is 272 Å². The van der Waals surface area contributed by atoms with E-state index in [0.29, 0.717) is 0 Å². The van der Waals surface area contributed by atoms with Gasteiger partial charge in [0.15, 0.2) is 11.4 Å². The molecule has 5 heteroatoms. The molecule has 0 aliphatic rings.